The van der Waals surface area contributed by atoms with Gasteiger partial charge in [-0.2, -0.15) is 4.31 Å². The molecule has 6 nitrogen and oxygen atoms in total. The lowest BCUT2D eigenvalue weighted by atomic mass is 9.99. The number of carbonyl (C=O) groups is 1. The van der Waals surface area contributed by atoms with Crippen LogP contribution in [-0.2, 0) is 21.4 Å². The first kappa shape index (κ1) is 19.0. The van der Waals surface area contributed by atoms with Crippen molar-refractivity contribution in [3.05, 3.63) is 58.8 Å². The van der Waals surface area contributed by atoms with Crippen LogP contribution in [0.2, 0.25) is 0 Å². The van der Waals surface area contributed by atoms with Crippen LogP contribution in [-0.4, -0.2) is 36.7 Å². The summed E-state index contributed by atoms with van der Waals surface area (Å²) in [6.07, 6.45) is 4.73. The van der Waals surface area contributed by atoms with Crippen molar-refractivity contribution in [3.63, 3.8) is 0 Å². The first-order valence-electron chi connectivity index (χ1n) is 8.39. The summed E-state index contributed by atoms with van der Waals surface area (Å²) in [6, 6.07) is 10.3. The molecule has 1 aliphatic heterocycles. The predicted octanol–water partition coefficient (Wildman–Crippen LogP) is 2.56. The molecule has 0 radical (unpaired) electrons. The van der Waals surface area contributed by atoms with E-state index in [-0.39, 0.29) is 23.3 Å². The Morgan fingerprint density at radius 2 is 2.04 bits per heavy atom. The van der Waals surface area contributed by atoms with Crippen LogP contribution in [0.1, 0.15) is 18.4 Å². The summed E-state index contributed by atoms with van der Waals surface area (Å²) in [5.41, 5.74) is 0.913. The van der Waals surface area contributed by atoms with E-state index in [0.717, 1.165) is 10.0 Å². The van der Waals surface area contributed by atoms with E-state index in [1.807, 2.05) is 12.1 Å². The maximum absolute atomic E-state index is 12.8. The van der Waals surface area contributed by atoms with Gasteiger partial charge in [-0.3, -0.25) is 9.78 Å². The molecule has 0 spiro atoms. The van der Waals surface area contributed by atoms with Crippen LogP contribution in [0.4, 0.5) is 0 Å². The van der Waals surface area contributed by atoms with Gasteiger partial charge in [0, 0.05) is 36.5 Å². The number of pyridine rings is 1. The van der Waals surface area contributed by atoms with Gasteiger partial charge in [-0.15, -0.1) is 0 Å². The molecule has 1 amide bonds. The molecule has 1 aromatic heterocycles. The van der Waals surface area contributed by atoms with Crippen LogP contribution in [0.3, 0.4) is 0 Å². The Hall–Kier alpha value is -1.77. The SMILES string of the molecule is O=C(NCc1cccnc1)[C@H]1CCCN(S(=O)(=O)c2ccc(Br)cc2)C1. The molecule has 8 heteroatoms. The van der Waals surface area contributed by atoms with Gasteiger partial charge in [-0.05, 0) is 48.7 Å². The van der Waals surface area contributed by atoms with Crippen molar-refractivity contribution in [2.75, 3.05) is 13.1 Å². The molecular formula is C18H20BrN3O3S. The molecule has 0 bridgehead atoms. The van der Waals surface area contributed by atoms with Gasteiger partial charge in [0.15, 0.2) is 0 Å². The molecular weight excluding hydrogens is 418 g/mol. The van der Waals surface area contributed by atoms with Gasteiger partial charge >= 0.3 is 0 Å². The molecule has 1 aromatic carbocycles. The summed E-state index contributed by atoms with van der Waals surface area (Å²) >= 11 is 3.31. The summed E-state index contributed by atoms with van der Waals surface area (Å²) in [6.45, 7) is 1.03. The fourth-order valence-electron chi connectivity index (χ4n) is 2.97. The average molecular weight is 438 g/mol. The van der Waals surface area contributed by atoms with Crippen LogP contribution in [0.15, 0.2) is 58.2 Å². The third-order valence-corrected chi connectivity index (χ3v) is 6.80. The highest BCUT2D eigenvalue weighted by molar-refractivity contribution is 9.10. The highest BCUT2D eigenvalue weighted by Gasteiger charge is 2.33. The van der Waals surface area contributed by atoms with Crippen molar-refractivity contribution >= 4 is 31.9 Å². The minimum atomic E-state index is -3.59. The van der Waals surface area contributed by atoms with Crippen molar-refractivity contribution in [1.29, 1.82) is 0 Å². The number of nitrogens with zero attached hydrogens (tertiary/aromatic N) is 2. The van der Waals surface area contributed by atoms with Gasteiger partial charge < -0.3 is 5.32 Å². The molecule has 0 aliphatic carbocycles. The van der Waals surface area contributed by atoms with Crippen LogP contribution in [0, 0.1) is 5.92 Å². The Morgan fingerprint density at radius 3 is 2.73 bits per heavy atom. The Balaban J connectivity index is 1.64. The molecule has 1 atom stereocenters. The zero-order chi connectivity index (χ0) is 18.6. The third-order valence-electron chi connectivity index (χ3n) is 4.40. The molecule has 0 unspecified atom stereocenters. The number of hydrogen-bond acceptors (Lipinski definition) is 4. The Morgan fingerprint density at radius 1 is 1.27 bits per heavy atom. The molecule has 2 aromatic rings. The molecule has 1 saturated heterocycles. The highest BCUT2D eigenvalue weighted by Crippen LogP contribution is 2.25. The number of aromatic nitrogens is 1. The van der Waals surface area contributed by atoms with E-state index in [9.17, 15) is 13.2 Å². The number of carbonyl (C=O) groups excluding carboxylic acids is 1. The molecule has 0 saturated carbocycles. The summed E-state index contributed by atoms with van der Waals surface area (Å²) in [5, 5.41) is 2.88. The standard InChI is InChI=1S/C18H20BrN3O3S/c19-16-5-7-17(8-6-16)26(24,25)22-10-2-4-15(13-22)18(23)21-12-14-3-1-9-20-11-14/h1,3,5-9,11,15H,2,4,10,12-13H2,(H,21,23)/t15-/m0/s1. The maximum Gasteiger partial charge on any atom is 0.243 e. The van der Waals surface area contributed by atoms with E-state index in [0.29, 0.717) is 25.9 Å². The van der Waals surface area contributed by atoms with Gasteiger partial charge in [0.1, 0.15) is 0 Å². The minimum Gasteiger partial charge on any atom is -0.352 e. The van der Waals surface area contributed by atoms with E-state index in [4.69, 9.17) is 0 Å². The quantitative estimate of drug-likeness (QED) is 0.779. The lowest BCUT2D eigenvalue weighted by Crippen LogP contribution is -2.45. The van der Waals surface area contributed by atoms with E-state index >= 15 is 0 Å². The van der Waals surface area contributed by atoms with Crippen molar-refractivity contribution in [3.8, 4) is 0 Å². The van der Waals surface area contributed by atoms with Crippen molar-refractivity contribution < 1.29 is 13.2 Å². The second-order valence-corrected chi connectivity index (χ2v) is 9.09. The molecule has 3 rings (SSSR count). The van der Waals surface area contributed by atoms with Gasteiger partial charge in [0.25, 0.3) is 0 Å². The number of amides is 1. The lowest BCUT2D eigenvalue weighted by Gasteiger charge is -2.31. The molecule has 2 heterocycles. The minimum absolute atomic E-state index is 0.121. The number of piperidine rings is 1. The van der Waals surface area contributed by atoms with Crippen molar-refractivity contribution in [2.45, 2.75) is 24.3 Å². The highest BCUT2D eigenvalue weighted by atomic mass is 79.9. The maximum atomic E-state index is 12.8. The molecule has 1 aliphatic rings. The van der Waals surface area contributed by atoms with E-state index < -0.39 is 10.0 Å². The van der Waals surface area contributed by atoms with Crippen LogP contribution < -0.4 is 5.32 Å². The zero-order valence-corrected chi connectivity index (χ0v) is 16.5. The molecule has 138 valence electrons. The van der Waals surface area contributed by atoms with Crippen LogP contribution >= 0.6 is 15.9 Å². The monoisotopic (exact) mass is 437 g/mol. The first-order chi connectivity index (χ1) is 12.5. The summed E-state index contributed by atoms with van der Waals surface area (Å²) < 4.78 is 27.9. The van der Waals surface area contributed by atoms with Crippen molar-refractivity contribution in [1.82, 2.24) is 14.6 Å². The zero-order valence-electron chi connectivity index (χ0n) is 14.1. The number of benzene rings is 1. The summed E-state index contributed by atoms with van der Waals surface area (Å²) in [5.74, 6) is -0.463. The second-order valence-electron chi connectivity index (χ2n) is 6.24. The van der Waals surface area contributed by atoms with E-state index in [2.05, 4.69) is 26.2 Å². The third kappa shape index (κ3) is 4.49. The van der Waals surface area contributed by atoms with Crippen LogP contribution in [0.5, 0.6) is 0 Å². The first-order valence-corrected chi connectivity index (χ1v) is 10.6. The summed E-state index contributed by atoms with van der Waals surface area (Å²) in [7, 11) is -3.59. The topological polar surface area (TPSA) is 79.4 Å². The number of sulfonamides is 1. The molecule has 26 heavy (non-hydrogen) atoms. The number of rotatable bonds is 5. The normalized spacial score (nSPS) is 18.4. The van der Waals surface area contributed by atoms with Gasteiger partial charge in [0.05, 0.1) is 10.8 Å². The van der Waals surface area contributed by atoms with Crippen molar-refractivity contribution in [2.24, 2.45) is 5.92 Å². The number of halogens is 1. The smallest absolute Gasteiger partial charge is 0.243 e. The fourth-order valence-corrected chi connectivity index (χ4v) is 4.75. The molecule has 1 fully saturated rings. The fraction of sp³-hybridized carbons (Fsp3) is 0.333. The largest absolute Gasteiger partial charge is 0.352 e. The lowest BCUT2D eigenvalue weighted by molar-refractivity contribution is -0.126. The predicted molar refractivity (Wildman–Crippen MR) is 102 cm³/mol. The van der Waals surface area contributed by atoms with Crippen LogP contribution in [0.25, 0.3) is 0 Å². The van der Waals surface area contributed by atoms with Gasteiger partial charge in [-0.1, -0.05) is 22.0 Å². The second kappa shape index (κ2) is 8.28. The Bertz CT molecular complexity index is 857. The van der Waals surface area contributed by atoms with E-state index in [1.165, 1.54) is 4.31 Å². The Labute approximate surface area is 161 Å². The van der Waals surface area contributed by atoms with Gasteiger partial charge in [-0.25, -0.2) is 8.42 Å². The van der Waals surface area contributed by atoms with E-state index in [1.54, 1.807) is 36.7 Å². The Kier molecular flexibility index (Phi) is 6.05. The molecule has 1 N–H and O–H groups in total. The van der Waals surface area contributed by atoms with Gasteiger partial charge in [0.2, 0.25) is 15.9 Å². The number of hydrogen-bond donors (Lipinski definition) is 1. The summed E-state index contributed by atoms with van der Waals surface area (Å²) in [4.78, 5) is 16.7. The average Bonchev–Trinajstić information content (AvgIpc) is 2.67. The number of nitrogens with one attached hydrogen (secondary N) is 1.